The average Bonchev–Trinajstić information content (AvgIpc) is 2.70. The van der Waals surface area contributed by atoms with Crippen molar-refractivity contribution in [2.45, 2.75) is 72.5 Å². The lowest BCUT2D eigenvalue weighted by Gasteiger charge is -2.19. The number of alkyl carbamates (subject to hydrolysis) is 1. The number of hydrogen-bond donors (Lipinski definition) is 3. The third-order valence-corrected chi connectivity index (χ3v) is 5.19. The first kappa shape index (κ1) is 28.1. The van der Waals surface area contributed by atoms with E-state index < -0.39 is 20.3 Å². The molecule has 0 fully saturated rings. The molecule has 3 N–H and O–H groups in total. The summed E-state index contributed by atoms with van der Waals surface area (Å²) in [5.74, 6) is 0.338. The second kappa shape index (κ2) is 15.0. The van der Waals surface area contributed by atoms with E-state index in [9.17, 15) is 14.7 Å². The number of anilines is 1. The summed E-state index contributed by atoms with van der Waals surface area (Å²) in [5.41, 5.74) is 0.593. The molecule has 2 amide bonds. The molecular weight excluding hydrogens is 435 g/mol. The van der Waals surface area contributed by atoms with Gasteiger partial charge in [-0.15, -0.1) is 0 Å². The number of nitrogens with one attached hydrogen (secondary N) is 2. The SMILES string of the molecule is CCOP(OCC)Oc1ccc(NC(=O)CCCCCNC(=O)OC(C)(C)C)cc1CO. The fourth-order valence-corrected chi connectivity index (χ4v) is 3.51. The van der Waals surface area contributed by atoms with Gasteiger partial charge in [-0.05, 0) is 65.7 Å². The number of rotatable bonds is 14. The summed E-state index contributed by atoms with van der Waals surface area (Å²) in [6.07, 6.45) is 2.19. The highest BCUT2D eigenvalue weighted by Crippen LogP contribution is 2.42. The molecule has 0 saturated heterocycles. The molecule has 10 heteroatoms. The summed E-state index contributed by atoms with van der Waals surface area (Å²) in [5, 5.41) is 15.2. The van der Waals surface area contributed by atoms with E-state index in [2.05, 4.69) is 10.6 Å². The molecule has 0 unspecified atom stereocenters. The minimum atomic E-state index is -1.54. The quantitative estimate of drug-likeness (QED) is 0.261. The fourth-order valence-electron chi connectivity index (χ4n) is 2.57. The maximum absolute atomic E-state index is 12.2. The highest BCUT2D eigenvalue weighted by Gasteiger charge is 2.17. The maximum Gasteiger partial charge on any atom is 0.407 e. The Hall–Kier alpha value is -1.93. The van der Waals surface area contributed by atoms with Crippen molar-refractivity contribution in [3.63, 3.8) is 0 Å². The number of carbonyl (C=O) groups excluding carboxylic acids is 2. The molecule has 0 atom stereocenters. The Labute approximate surface area is 192 Å². The van der Waals surface area contributed by atoms with Gasteiger partial charge in [-0.1, -0.05) is 6.42 Å². The number of aliphatic hydroxyl groups excluding tert-OH is 1. The van der Waals surface area contributed by atoms with Crippen LogP contribution in [-0.4, -0.2) is 42.5 Å². The number of ether oxygens (including phenoxy) is 1. The predicted molar refractivity (Wildman–Crippen MR) is 124 cm³/mol. The van der Waals surface area contributed by atoms with Crippen molar-refractivity contribution in [2.75, 3.05) is 25.1 Å². The molecule has 0 aromatic heterocycles. The molecule has 0 heterocycles. The maximum atomic E-state index is 12.2. The van der Waals surface area contributed by atoms with Crippen molar-refractivity contribution in [1.82, 2.24) is 5.32 Å². The largest absolute Gasteiger partial charge is 0.444 e. The highest BCUT2D eigenvalue weighted by atomic mass is 31.2. The third-order valence-electron chi connectivity index (χ3n) is 3.91. The van der Waals surface area contributed by atoms with Gasteiger partial charge in [0.1, 0.15) is 11.4 Å². The van der Waals surface area contributed by atoms with Crippen molar-refractivity contribution in [1.29, 1.82) is 0 Å². The van der Waals surface area contributed by atoms with E-state index in [1.807, 2.05) is 34.6 Å². The highest BCUT2D eigenvalue weighted by molar-refractivity contribution is 7.42. The average molecular weight is 473 g/mol. The molecule has 0 aliphatic rings. The zero-order chi connectivity index (χ0) is 24.0. The summed E-state index contributed by atoms with van der Waals surface area (Å²) in [7, 11) is -1.54. The van der Waals surface area contributed by atoms with Crippen LogP contribution in [0.2, 0.25) is 0 Å². The molecule has 0 spiro atoms. The summed E-state index contributed by atoms with van der Waals surface area (Å²) in [6, 6.07) is 5.06. The topological polar surface area (TPSA) is 115 Å². The van der Waals surface area contributed by atoms with E-state index in [-0.39, 0.29) is 12.5 Å². The van der Waals surface area contributed by atoms with Crippen molar-refractivity contribution in [2.24, 2.45) is 0 Å². The number of unbranched alkanes of at least 4 members (excludes halogenated alkanes) is 2. The normalized spacial score (nSPS) is 11.3. The van der Waals surface area contributed by atoms with E-state index >= 15 is 0 Å². The van der Waals surface area contributed by atoms with E-state index in [0.29, 0.717) is 49.6 Å². The van der Waals surface area contributed by atoms with Gasteiger partial charge < -0.3 is 34.0 Å². The number of carbonyl (C=O) groups is 2. The van der Waals surface area contributed by atoms with Crippen LogP contribution < -0.4 is 15.2 Å². The second-order valence-electron chi connectivity index (χ2n) is 7.92. The zero-order valence-corrected chi connectivity index (χ0v) is 20.6. The van der Waals surface area contributed by atoms with Crippen LogP contribution in [0.15, 0.2) is 18.2 Å². The summed E-state index contributed by atoms with van der Waals surface area (Å²) >= 11 is 0. The Morgan fingerprint density at radius 1 is 1.06 bits per heavy atom. The van der Waals surface area contributed by atoms with Crippen LogP contribution >= 0.6 is 8.60 Å². The van der Waals surface area contributed by atoms with Crippen LogP contribution in [0.5, 0.6) is 5.75 Å². The van der Waals surface area contributed by atoms with Crippen molar-refractivity contribution < 1.29 is 33.0 Å². The van der Waals surface area contributed by atoms with E-state index in [1.54, 1.807) is 18.2 Å². The molecule has 1 rings (SSSR count). The van der Waals surface area contributed by atoms with Crippen molar-refractivity contribution >= 4 is 26.3 Å². The number of aliphatic hydroxyl groups is 1. The van der Waals surface area contributed by atoms with E-state index in [0.717, 1.165) is 12.8 Å². The molecule has 32 heavy (non-hydrogen) atoms. The van der Waals surface area contributed by atoms with Gasteiger partial charge in [0.2, 0.25) is 5.91 Å². The fraction of sp³-hybridized carbons (Fsp3) is 0.636. The lowest BCUT2D eigenvalue weighted by molar-refractivity contribution is -0.116. The van der Waals surface area contributed by atoms with Crippen LogP contribution in [0.25, 0.3) is 0 Å². The number of benzene rings is 1. The molecule has 0 saturated carbocycles. The predicted octanol–water partition coefficient (Wildman–Crippen LogP) is 4.88. The molecule has 0 radical (unpaired) electrons. The molecule has 0 aliphatic heterocycles. The molecule has 9 nitrogen and oxygen atoms in total. The summed E-state index contributed by atoms with van der Waals surface area (Å²) < 4.78 is 21.8. The summed E-state index contributed by atoms with van der Waals surface area (Å²) in [4.78, 5) is 23.8. The van der Waals surface area contributed by atoms with Gasteiger partial charge in [0.15, 0.2) is 0 Å². The Kier molecular flexibility index (Phi) is 13.2. The standard InChI is InChI=1S/C22H37N2O7P/c1-6-28-32(29-7-2)31-19-13-12-18(15-17(19)16-25)24-20(26)11-9-8-10-14-23-21(27)30-22(3,4)5/h12-13,15,25H,6-11,14,16H2,1-5H3,(H,23,27)(H,24,26). The minimum absolute atomic E-state index is 0.117. The van der Waals surface area contributed by atoms with Gasteiger partial charge in [0.05, 0.1) is 19.8 Å². The number of amides is 2. The lowest BCUT2D eigenvalue weighted by Crippen LogP contribution is -2.33. The molecule has 182 valence electrons. The van der Waals surface area contributed by atoms with Gasteiger partial charge in [-0.25, -0.2) is 4.79 Å². The third kappa shape index (κ3) is 12.2. The minimum Gasteiger partial charge on any atom is -0.444 e. The van der Waals surface area contributed by atoms with Gasteiger partial charge in [0.25, 0.3) is 0 Å². The Morgan fingerprint density at radius 2 is 1.75 bits per heavy atom. The van der Waals surface area contributed by atoms with Crippen LogP contribution in [0.4, 0.5) is 10.5 Å². The molecule has 1 aromatic carbocycles. The Balaban J connectivity index is 2.40. The first-order valence-electron chi connectivity index (χ1n) is 10.9. The van der Waals surface area contributed by atoms with Gasteiger partial charge in [-0.2, -0.15) is 0 Å². The number of hydrogen-bond acceptors (Lipinski definition) is 7. The Morgan fingerprint density at radius 3 is 2.34 bits per heavy atom. The van der Waals surface area contributed by atoms with Gasteiger partial charge >= 0.3 is 14.7 Å². The summed E-state index contributed by atoms with van der Waals surface area (Å²) in [6.45, 7) is 10.3. The Bertz CT molecular complexity index is 704. The molecule has 0 aliphatic carbocycles. The molecule has 1 aromatic rings. The zero-order valence-electron chi connectivity index (χ0n) is 19.7. The molecular formula is C22H37N2O7P. The van der Waals surface area contributed by atoms with Crippen LogP contribution in [-0.2, 0) is 25.2 Å². The van der Waals surface area contributed by atoms with Crippen LogP contribution in [0, 0.1) is 0 Å². The van der Waals surface area contributed by atoms with Crippen molar-refractivity contribution in [3.8, 4) is 5.75 Å². The smallest absolute Gasteiger partial charge is 0.407 e. The van der Waals surface area contributed by atoms with E-state index in [1.165, 1.54) is 0 Å². The van der Waals surface area contributed by atoms with Gasteiger partial charge in [0, 0.05) is 24.2 Å². The molecule has 0 bridgehead atoms. The van der Waals surface area contributed by atoms with Crippen molar-refractivity contribution in [3.05, 3.63) is 23.8 Å². The monoisotopic (exact) mass is 472 g/mol. The van der Waals surface area contributed by atoms with Gasteiger partial charge in [-0.3, -0.25) is 4.79 Å². The first-order chi connectivity index (χ1) is 15.2. The van der Waals surface area contributed by atoms with Crippen LogP contribution in [0.1, 0.15) is 65.9 Å². The lowest BCUT2D eigenvalue weighted by atomic mass is 10.1. The first-order valence-corrected chi connectivity index (χ1v) is 12.0. The van der Waals surface area contributed by atoms with E-state index in [4.69, 9.17) is 18.3 Å². The van der Waals surface area contributed by atoms with Crippen LogP contribution in [0.3, 0.4) is 0 Å². The second-order valence-corrected chi connectivity index (χ2v) is 9.06.